The normalized spacial score (nSPS) is 10.2. The number of hydrogen-bond donors (Lipinski definition) is 2. The summed E-state index contributed by atoms with van der Waals surface area (Å²) >= 11 is 7.10. The van der Waals surface area contributed by atoms with Gasteiger partial charge in [-0.3, -0.25) is 0 Å². The van der Waals surface area contributed by atoms with Crippen LogP contribution in [0.25, 0.3) is 0 Å². The lowest BCUT2D eigenvalue weighted by Crippen LogP contribution is -2.20. The van der Waals surface area contributed by atoms with Gasteiger partial charge in [0, 0.05) is 10.6 Å². The van der Waals surface area contributed by atoms with Crippen molar-refractivity contribution in [3.05, 3.63) is 53.6 Å². The van der Waals surface area contributed by atoms with E-state index in [0.29, 0.717) is 5.11 Å². The Kier molecular flexibility index (Phi) is 5.04. The van der Waals surface area contributed by atoms with Gasteiger partial charge in [0.1, 0.15) is 0 Å². The highest BCUT2D eigenvalue weighted by molar-refractivity contribution is 7.98. The lowest BCUT2D eigenvalue weighted by Gasteiger charge is -2.14. The minimum atomic E-state index is 0.611. The lowest BCUT2D eigenvalue weighted by molar-refractivity contribution is 1.38. The van der Waals surface area contributed by atoms with E-state index in [1.54, 1.807) is 11.8 Å². The zero-order valence-electron chi connectivity index (χ0n) is 11.9. The third kappa shape index (κ3) is 3.74. The number of rotatable bonds is 3. The van der Waals surface area contributed by atoms with Crippen molar-refractivity contribution in [2.45, 2.75) is 18.7 Å². The molecule has 0 heterocycles. The van der Waals surface area contributed by atoms with Gasteiger partial charge in [-0.1, -0.05) is 24.3 Å². The summed E-state index contributed by atoms with van der Waals surface area (Å²) in [6, 6.07) is 14.4. The highest BCUT2D eigenvalue weighted by atomic mass is 32.2. The number of thioether (sulfide) groups is 1. The summed E-state index contributed by atoms with van der Waals surface area (Å²) in [5, 5.41) is 7.13. The summed E-state index contributed by atoms with van der Waals surface area (Å²) in [7, 11) is 0. The standard InChI is InChI=1S/C16H18N2S2/c1-11-8-9-12(2)14(10-11)18-16(19)17-13-6-4-5-7-15(13)20-3/h4-10H,1-3H3,(H2,17,18,19). The van der Waals surface area contributed by atoms with Crippen LogP contribution in [0.4, 0.5) is 11.4 Å². The summed E-state index contributed by atoms with van der Waals surface area (Å²) < 4.78 is 0. The largest absolute Gasteiger partial charge is 0.332 e. The predicted octanol–water partition coefficient (Wildman–Crippen LogP) is 4.83. The second-order valence-electron chi connectivity index (χ2n) is 4.60. The molecule has 2 aromatic rings. The molecule has 20 heavy (non-hydrogen) atoms. The molecule has 0 amide bonds. The summed E-state index contributed by atoms with van der Waals surface area (Å²) in [6.07, 6.45) is 2.06. The molecule has 0 spiro atoms. The fourth-order valence-corrected chi connectivity index (χ4v) is 2.67. The van der Waals surface area contributed by atoms with E-state index in [9.17, 15) is 0 Å². The second-order valence-corrected chi connectivity index (χ2v) is 5.85. The van der Waals surface area contributed by atoms with Crippen LogP contribution in [0, 0.1) is 13.8 Å². The molecule has 2 nitrogen and oxygen atoms in total. The fourth-order valence-electron chi connectivity index (χ4n) is 1.89. The Labute approximate surface area is 130 Å². The van der Waals surface area contributed by atoms with E-state index >= 15 is 0 Å². The minimum Gasteiger partial charge on any atom is -0.332 e. The van der Waals surface area contributed by atoms with Crippen LogP contribution in [0.2, 0.25) is 0 Å². The first-order valence-corrected chi connectivity index (χ1v) is 8.01. The first kappa shape index (κ1) is 14.9. The van der Waals surface area contributed by atoms with Crippen LogP contribution >= 0.6 is 24.0 Å². The van der Waals surface area contributed by atoms with Crippen molar-refractivity contribution in [1.82, 2.24) is 0 Å². The van der Waals surface area contributed by atoms with Crippen LogP contribution in [0.5, 0.6) is 0 Å². The molecule has 0 aliphatic heterocycles. The van der Waals surface area contributed by atoms with Crippen molar-refractivity contribution in [1.29, 1.82) is 0 Å². The summed E-state index contributed by atoms with van der Waals surface area (Å²) in [4.78, 5) is 1.18. The van der Waals surface area contributed by atoms with E-state index in [2.05, 4.69) is 55.0 Å². The first-order valence-electron chi connectivity index (χ1n) is 6.38. The number of hydrogen-bond acceptors (Lipinski definition) is 2. The summed E-state index contributed by atoms with van der Waals surface area (Å²) in [5.74, 6) is 0. The van der Waals surface area contributed by atoms with Gasteiger partial charge < -0.3 is 10.6 Å². The average Bonchev–Trinajstić information content (AvgIpc) is 2.43. The molecule has 2 rings (SSSR count). The topological polar surface area (TPSA) is 24.1 Å². The third-order valence-electron chi connectivity index (χ3n) is 3.00. The van der Waals surface area contributed by atoms with Crippen molar-refractivity contribution >= 4 is 40.5 Å². The van der Waals surface area contributed by atoms with Crippen LogP contribution in [0.1, 0.15) is 11.1 Å². The van der Waals surface area contributed by atoms with Gasteiger partial charge in [-0.15, -0.1) is 11.8 Å². The molecule has 0 unspecified atom stereocenters. The Morgan fingerprint density at radius 3 is 2.45 bits per heavy atom. The van der Waals surface area contributed by atoms with E-state index in [0.717, 1.165) is 11.4 Å². The number of benzene rings is 2. The molecule has 104 valence electrons. The molecule has 0 bridgehead atoms. The van der Waals surface area contributed by atoms with Crippen LogP contribution in [0.15, 0.2) is 47.4 Å². The van der Waals surface area contributed by atoms with Gasteiger partial charge in [-0.25, -0.2) is 0 Å². The molecule has 0 radical (unpaired) electrons. The Morgan fingerprint density at radius 2 is 1.70 bits per heavy atom. The Balaban J connectivity index is 2.11. The Morgan fingerprint density at radius 1 is 1.00 bits per heavy atom. The molecule has 2 aromatic carbocycles. The van der Waals surface area contributed by atoms with Crippen molar-refractivity contribution < 1.29 is 0 Å². The Hall–Kier alpha value is -1.52. The molecule has 0 saturated heterocycles. The van der Waals surface area contributed by atoms with Crippen LogP contribution in [-0.2, 0) is 0 Å². The third-order valence-corrected chi connectivity index (χ3v) is 4.00. The molecule has 0 aliphatic rings. The number of nitrogens with one attached hydrogen (secondary N) is 2. The average molecular weight is 302 g/mol. The fraction of sp³-hybridized carbons (Fsp3) is 0.188. The van der Waals surface area contributed by atoms with Gasteiger partial charge in [0.15, 0.2) is 5.11 Å². The van der Waals surface area contributed by atoms with E-state index in [-0.39, 0.29) is 0 Å². The predicted molar refractivity (Wildman–Crippen MR) is 94.0 cm³/mol. The number of thiocarbonyl (C=S) groups is 1. The maximum absolute atomic E-state index is 5.40. The second kappa shape index (κ2) is 6.77. The molecule has 0 saturated carbocycles. The summed E-state index contributed by atoms with van der Waals surface area (Å²) in [5.41, 5.74) is 4.47. The molecule has 0 aromatic heterocycles. The van der Waals surface area contributed by atoms with Gasteiger partial charge in [0.2, 0.25) is 0 Å². The van der Waals surface area contributed by atoms with Crippen LogP contribution < -0.4 is 10.6 Å². The number of aryl methyl sites for hydroxylation is 2. The van der Waals surface area contributed by atoms with Gasteiger partial charge in [0.25, 0.3) is 0 Å². The summed E-state index contributed by atoms with van der Waals surface area (Å²) in [6.45, 7) is 4.14. The van der Waals surface area contributed by atoms with Crippen molar-refractivity contribution in [2.24, 2.45) is 0 Å². The minimum absolute atomic E-state index is 0.611. The van der Waals surface area contributed by atoms with Crippen LogP contribution in [0.3, 0.4) is 0 Å². The smallest absolute Gasteiger partial charge is 0.175 e. The zero-order chi connectivity index (χ0) is 14.5. The Bertz CT molecular complexity index is 624. The molecule has 0 aliphatic carbocycles. The molecule has 0 atom stereocenters. The van der Waals surface area contributed by atoms with Gasteiger partial charge in [0.05, 0.1) is 5.69 Å². The van der Waals surface area contributed by atoms with Crippen molar-refractivity contribution in [3.8, 4) is 0 Å². The van der Waals surface area contributed by atoms with E-state index < -0.39 is 0 Å². The molecule has 4 heteroatoms. The van der Waals surface area contributed by atoms with Crippen molar-refractivity contribution in [3.63, 3.8) is 0 Å². The van der Waals surface area contributed by atoms with E-state index in [1.165, 1.54) is 16.0 Å². The molecular formula is C16H18N2S2. The highest BCUT2D eigenvalue weighted by Crippen LogP contribution is 2.25. The van der Waals surface area contributed by atoms with Crippen LogP contribution in [-0.4, -0.2) is 11.4 Å². The van der Waals surface area contributed by atoms with Gasteiger partial charge in [-0.05, 0) is 61.6 Å². The van der Waals surface area contributed by atoms with Gasteiger partial charge >= 0.3 is 0 Å². The van der Waals surface area contributed by atoms with E-state index in [4.69, 9.17) is 12.2 Å². The highest BCUT2D eigenvalue weighted by Gasteiger charge is 2.05. The quantitative estimate of drug-likeness (QED) is 0.626. The molecular weight excluding hydrogens is 284 g/mol. The monoisotopic (exact) mass is 302 g/mol. The maximum Gasteiger partial charge on any atom is 0.175 e. The molecule has 0 fully saturated rings. The first-order chi connectivity index (χ1) is 9.60. The number of anilines is 2. The SMILES string of the molecule is CSc1ccccc1NC(=S)Nc1cc(C)ccc1C. The maximum atomic E-state index is 5.40. The van der Waals surface area contributed by atoms with Crippen molar-refractivity contribution in [2.75, 3.05) is 16.9 Å². The molecule has 2 N–H and O–H groups in total. The number of para-hydroxylation sites is 1. The zero-order valence-corrected chi connectivity index (χ0v) is 13.5. The van der Waals surface area contributed by atoms with Gasteiger partial charge in [-0.2, -0.15) is 0 Å². The van der Waals surface area contributed by atoms with E-state index in [1.807, 2.05) is 18.2 Å². The lowest BCUT2D eigenvalue weighted by atomic mass is 10.1.